The molecule has 0 atom stereocenters. The van der Waals surface area contributed by atoms with Gasteiger partial charge >= 0.3 is 0 Å². The summed E-state index contributed by atoms with van der Waals surface area (Å²) in [5.41, 5.74) is 1.04. The molecule has 0 aliphatic heterocycles. The predicted octanol–water partition coefficient (Wildman–Crippen LogP) is 2.37. The summed E-state index contributed by atoms with van der Waals surface area (Å²) in [7, 11) is 0. The Hall–Kier alpha value is -2.07. The van der Waals surface area contributed by atoms with Crippen molar-refractivity contribution in [3.8, 4) is 5.75 Å². The molecule has 1 heterocycles. The van der Waals surface area contributed by atoms with Crippen molar-refractivity contribution >= 4 is 17.5 Å². The van der Waals surface area contributed by atoms with Gasteiger partial charge in [-0.3, -0.25) is 9.78 Å². The highest BCUT2D eigenvalue weighted by atomic mass is 35.5. The van der Waals surface area contributed by atoms with E-state index in [4.69, 9.17) is 11.6 Å². The first-order chi connectivity index (χ1) is 8.68. The summed E-state index contributed by atoms with van der Waals surface area (Å²) in [6, 6.07) is 8.35. The number of rotatable bonds is 3. The van der Waals surface area contributed by atoms with E-state index < -0.39 is 0 Å². The minimum Gasteiger partial charge on any atom is -0.506 e. The Morgan fingerprint density at radius 2 is 2.17 bits per heavy atom. The largest absolute Gasteiger partial charge is 0.506 e. The van der Waals surface area contributed by atoms with Gasteiger partial charge < -0.3 is 10.4 Å². The first kappa shape index (κ1) is 12.4. The van der Waals surface area contributed by atoms with Gasteiger partial charge in [0.2, 0.25) is 0 Å². The Morgan fingerprint density at radius 3 is 2.89 bits per heavy atom. The van der Waals surface area contributed by atoms with E-state index in [-0.39, 0.29) is 23.2 Å². The molecule has 0 saturated heterocycles. The van der Waals surface area contributed by atoms with Crippen LogP contribution in [0.3, 0.4) is 0 Å². The summed E-state index contributed by atoms with van der Waals surface area (Å²) in [6.45, 7) is 0.208. The third kappa shape index (κ3) is 2.78. The molecule has 2 N–H and O–H groups in total. The van der Waals surface area contributed by atoms with Gasteiger partial charge in [-0.15, -0.1) is 0 Å². The Balaban J connectivity index is 2.04. The maximum atomic E-state index is 11.7. The van der Waals surface area contributed by atoms with Gasteiger partial charge in [0, 0.05) is 24.5 Å². The first-order valence-electron chi connectivity index (χ1n) is 5.33. The highest BCUT2D eigenvalue weighted by Gasteiger charge is 2.08. The van der Waals surface area contributed by atoms with Crippen molar-refractivity contribution in [2.75, 3.05) is 0 Å². The molecule has 0 saturated carbocycles. The maximum Gasteiger partial charge on any atom is 0.253 e. The van der Waals surface area contributed by atoms with Gasteiger partial charge in [0.15, 0.2) is 0 Å². The lowest BCUT2D eigenvalue weighted by Gasteiger charge is -2.07. The fourth-order valence-electron chi connectivity index (χ4n) is 1.48. The number of carbonyl (C=O) groups excluding carboxylic acids is 1. The summed E-state index contributed by atoms with van der Waals surface area (Å²) >= 11 is 5.77. The molecule has 92 valence electrons. The van der Waals surface area contributed by atoms with Crippen molar-refractivity contribution < 1.29 is 9.90 Å². The molecule has 0 spiro atoms. The van der Waals surface area contributed by atoms with Crippen LogP contribution in [0.5, 0.6) is 5.75 Å². The molecule has 4 nitrogen and oxygen atoms in total. The molecular weight excluding hydrogens is 252 g/mol. The van der Waals surface area contributed by atoms with Crippen molar-refractivity contribution in [2.45, 2.75) is 6.54 Å². The van der Waals surface area contributed by atoms with Gasteiger partial charge in [-0.1, -0.05) is 23.7 Å². The molecule has 1 aromatic carbocycles. The molecule has 0 aliphatic carbocycles. The number of hydrogen-bond donors (Lipinski definition) is 2. The third-order valence-electron chi connectivity index (χ3n) is 2.43. The van der Waals surface area contributed by atoms with Crippen LogP contribution >= 0.6 is 11.6 Å². The van der Waals surface area contributed by atoms with Crippen LogP contribution in [-0.2, 0) is 6.54 Å². The number of phenolic OH excluding ortho intramolecular Hbond substituents is 1. The zero-order valence-electron chi connectivity index (χ0n) is 9.43. The Labute approximate surface area is 109 Å². The zero-order valence-corrected chi connectivity index (χ0v) is 10.2. The van der Waals surface area contributed by atoms with Crippen LogP contribution in [0, 0.1) is 0 Å². The molecule has 0 bridgehead atoms. The number of aromatic hydroxyl groups is 1. The zero-order chi connectivity index (χ0) is 13.0. The molecule has 18 heavy (non-hydrogen) atoms. The average molecular weight is 263 g/mol. The van der Waals surface area contributed by atoms with Gasteiger partial charge in [0.25, 0.3) is 5.91 Å². The molecule has 1 aromatic heterocycles. The second-order valence-corrected chi connectivity index (χ2v) is 4.08. The number of benzene rings is 1. The molecule has 2 aromatic rings. The van der Waals surface area contributed by atoms with E-state index in [1.807, 2.05) is 0 Å². The standard InChI is InChI=1S/C13H11ClN2O2/c14-11-5-1-3-9(12(11)17)8-16-13(18)10-4-2-6-15-7-10/h1-7,17H,8H2,(H,16,18). The number of phenols is 1. The normalized spacial score (nSPS) is 10.1. The van der Waals surface area contributed by atoms with E-state index in [0.29, 0.717) is 11.1 Å². The Bertz CT molecular complexity index is 558. The number of amides is 1. The fraction of sp³-hybridized carbons (Fsp3) is 0.0769. The number of aromatic nitrogens is 1. The Morgan fingerprint density at radius 1 is 1.33 bits per heavy atom. The Kier molecular flexibility index (Phi) is 3.79. The number of nitrogens with zero attached hydrogens (tertiary/aromatic N) is 1. The molecular formula is C13H11ClN2O2. The molecule has 0 radical (unpaired) electrons. The van der Waals surface area contributed by atoms with Crippen molar-refractivity contribution in [2.24, 2.45) is 0 Å². The minimum atomic E-state index is -0.248. The minimum absolute atomic E-state index is 0.00865. The van der Waals surface area contributed by atoms with Gasteiger partial charge in [0.1, 0.15) is 5.75 Å². The van der Waals surface area contributed by atoms with Crippen LogP contribution < -0.4 is 5.32 Å². The number of para-hydroxylation sites is 1. The van der Waals surface area contributed by atoms with E-state index in [9.17, 15) is 9.90 Å². The number of hydrogen-bond acceptors (Lipinski definition) is 3. The van der Waals surface area contributed by atoms with Crippen LogP contribution in [0.1, 0.15) is 15.9 Å². The lowest BCUT2D eigenvalue weighted by molar-refractivity contribution is 0.0950. The SMILES string of the molecule is O=C(NCc1cccc(Cl)c1O)c1cccnc1. The molecule has 1 amide bonds. The summed E-state index contributed by atoms with van der Waals surface area (Å²) in [4.78, 5) is 15.6. The predicted molar refractivity (Wildman–Crippen MR) is 68.5 cm³/mol. The quantitative estimate of drug-likeness (QED) is 0.893. The lowest BCUT2D eigenvalue weighted by Crippen LogP contribution is -2.22. The van der Waals surface area contributed by atoms with Crippen LogP contribution in [0.25, 0.3) is 0 Å². The fourth-order valence-corrected chi connectivity index (χ4v) is 1.67. The van der Waals surface area contributed by atoms with Gasteiger partial charge in [-0.2, -0.15) is 0 Å². The summed E-state index contributed by atoms with van der Waals surface area (Å²) < 4.78 is 0. The molecule has 5 heteroatoms. The van der Waals surface area contributed by atoms with Crippen molar-refractivity contribution in [3.05, 3.63) is 58.9 Å². The van der Waals surface area contributed by atoms with E-state index >= 15 is 0 Å². The van der Waals surface area contributed by atoms with Gasteiger partial charge in [-0.05, 0) is 18.2 Å². The summed E-state index contributed by atoms with van der Waals surface area (Å²) in [5.74, 6) is -0.256. The summed E-state index contributed by atoms with van der Waals surface area (Å²) in [6.07, 6.45) is 3.08. The van der Waals surface area contributed by atoms with Crippen LogP contribution in [0.15, 0.2) is 42.7 Å². The number of carbonyl (C=O) groups is 1. The van der Waals surface area contributed by atoms with E-state index in [0.717, 1.165) is 0 Å². The van der Waals surface area contributed by atoms with Gasteiger partial charge in [-0.25, -0.2) is 0 Å². The van der Waals surface area contributed by atoms with E-state index in [2.05, 4.69) is 10.3 Å². The van der Waals surface area contributed by atoms with E-state index in [1.54, 1.807) is 36.5 Å². The number of nitrogens with one attached hydrogen (secondary N) is 1. The highest BCUT2D eigenvalue weighted by molar-refractivity contribution is 6.32. The van der Waals surface area contributed by atoms with Crippen LogP contribution in [0.2, 0.25) is 5.02 Å². The van der Waals surface area contributed by atoms with Crippen molar-refractivity contribution in [3.63, 3.8) is 0 Å². The third-order valence-corrected chi connectivity index (χ3v) is 2.74. The maximum absolute atomic E-state index is 11.7. The van der Waals surface area contributed by atoms with Crippen molar-refractivity contribution in [1.82, 2.24) is 10.3 Å². The van der Waals surface area contributed by atoms with Crippen molar-refractivity contribution in [1.29, 1.82) is 0 Å². The number of pyridine rings is 1. The molecule has 0 unspecified atom stereocenters. The molecule has 0 aliphatic rings. The topological polar surface area (TPSA) is 62.2 Å². The van der Waals surface area contributed by atoms with Crippen LogP contribution in [-0.4, -0.2) is 16.0 Å². The number of halogens is 1. The monoisotopic (exact) mass is 262 g/mol. The lowest BCUT2D eigenvalue weighted by atomic mass is 10.2. The molecule has 2 rings (SSSR count). The van der Waals surface area contributed by atoms with E-state index in [1.165, 1.54) is 6.20 Å². The second-order valence-electron chi connectivity index (χ2n) is 3.67. The highest BCUT2D eigenvalue weighted by Crippen LogP contribution is 2.26. The average Bonchev–Trinajstić information content (AvgIpc) is 2.41. The first-order valence-corrected chi connectivity index (χ1v) is 5.71. The van der Waals surface area contributed by atoms with Crippen LogP contribution in [0.4, 0.5) is 0 Å². The molecule has 0 fully saturated rings. The van der Waals surface area contributed by atoms with Gasteiger partial charge in [0.05, 0.1) is 10.6 Å². The smallest absolute Gasteiger partial charge is 0.253 e. The summed E-state index contributed by atoms with van der Waals surface area (Å²) in [5, 5.41) is 12.6. The second kappa shape index (κ2) is 5.51.